The van der Waals surface area contributed by atoms with Crippen LogP contribution in [0.2, 0.25) is 0 Å². The molecule has 6 nitrogen and oxygen atoms in total. The molecule has 28 heavy (non-hydrogen) atoms. The van der Waals surface area contributed by atoms with Crippen LogP contribution in [-0.4, -0.2) is 74.3 Å². The molecular weight excluding hydrogens is 350 g/mol. The smallest absolute Gasteiger partial charge is 0.191 e. The van der Waals surface area contributed by atoms with Gasteiger partial charge in [0.15, 0.2) is 5.96 Å². The van der Waals surface area contributed by atoms with Crippen molar-refractivity contribution in [1.29, 1.82) is 0 Å². The highest BCUT2D eigenvalue weighted by Crippen LogP contribution is 2.13. The summed E-state index contributed by atoms with van der Waals surface area (Å²) in [5.74, 6) is 0.903. The summed E-state index contributed by atoms with van der Waals surface area (Å²) >= 11 is 0. The number of nitrogens with zero attached hydrogens (tertiary/aromatic N) is 3. The Morgan fingerprint density at radius 1 is 1.07 bits per heavy atom. The van der Waals surface area contributed by atoms with E-state index in [0.717, 1.165) is 58.4 Å². The zero-order valence-corrected chi connectivity index (χ0v) is 17.8. The van der Waals surface area contributed by atoms with Gasteiger partial charge in [0.1, 0.15) is 0 Å². The molecule has 0 radical (unpaired) electrons. The van der Waals surface area contributed by atoms with E-state index in [-0.39, 0.29) is 0 Å². The van der Waals surface area contributed by atoms with Crippen LogP contribution in [-0.2, 0) is 17.8 Å². The normalized spacial score (nSPS) is 20.5. The molecule has 2 heterocycles. The maximum atomic E-state index is 5.42. The van der Waals surface area contributed by atoms with Crippen molar-refractivity contribution in [2.45, 2.75) is 51.9 Å². The van der Waals surface area contributed by atoms with E-state index >= 15 is 0 Å². The lowest BCUT2D eigenvalue weighted by Gasteiger charge is -2.35. The topological polar surface area (TPSA) is 52.1 Å². The highest BCUT2D eigenvalue weighted by Gasteiger charge is 2.21. The molecule has 3 rings (SSSR count). The molecule has 2 N–H and O–H groups in total. The van der Waals surface area contributed by atoms with Gasteiger partial charge in [0, 0.05) is 58.4 Å². The number of rotatable bonds is 6. The molecule has 0 aliphatic carbocycles. The minimum Gasteiger partial charge on any atom is -0.379 e. The molecule has 1 aromatic rings. The highest BCUT2D eigenvalue weighted by atomic mass is 16.5. The molecule has 156 valence electrons. The lowest BCUT2D eigenvalue weighted by Crippen LogP contribution is -2.49. The van der Waals surface area contributed by atoms with Crippen molar-refractivity contribution < 1.29 is 4.74 Å². The maximum Gasteiger partial charge on any atom is 0.191 e. The molecule has 2 aliphatic rings. The summed E-state index contributed by atoms with van der Waals surface area (Å²) in [7, 11) is 1.85. The number of morpholine rings is 1. The number of hydrogen-bond donors (Lipinski definition) is 2. The van der Waals surface area contributed by atoms with E-state index in [0.29, 0.717) is 12.1 Å². The first-order valence-electron chi connectivity index (χ1n) is 10.7. The highest BCUT2D eigenvalue weighted by molar-refractivity contribution is 5.79. The number of nitrogens with one attached hydrogen (secondary N) is 2. The van der Waals surface area contributed by atoms with Crippen LogP contribution in [0, 0.1) is 0 Å². The second kappa shape index (κ2) is 10.8. The van der Waals surface area contributed by atoms with E-state index in [1.807, 2.05) is 7.05 Å². The number of aliphatic imine (C=N–C) groups is 1. The largest absolute Gasteiger partial charge is 0.379 e. The summed E-state index contributed by atoms with van der Waals surface area (Å²) in [6.07, 6.45) is 2.35. The fourth-order valence-corrected chi connectivity index (χ4v) is 3.91. The lowest BCUT2D eigenvalue weighted by molar-refractivity contribution is 0.0342. The van der Waals surface area contributed by atoms with Crippen molar-refractivity contribution in [1.82, 2.24) is 20.4 Å². The quantitative estimate of drug-likeness (QED) is 0.578. The minimum absolute atomic E-state index is 0.511. The Balaban J connectivity index is 1.41. The maximum absolute atomic E-state index is 5.42. The van der Waals surface area contributed by atoms with Gasteiger partial charge in [0.2, 0.25) is 0 Å². The number of ether oxygens (including phenoxy) is 1. The first kappa shape index (κ1) is 21.1. The number of piperidine rings is 1. The predicted octanol–water partition coefficient (Wildman–Crippen LogP) is 2.06. The van der Waals surface area contributed by atoms with Gasteiger partial charge in [-0.25, -0.2) is 0 Å². The van der Waals surface area contributed by atoms with E-state index in [1.54, 1.807) is 0 Å². The molecule has 0 amide bonds. The molecule has 2 fully saturated rings. The molecule has 0 unspecified atom stereocenters. The second-order valence-corrected chi connectivity index (χ2v) is 8.18. The van der Waals surface area contributed by atoms with Gasteiger partial charge >= 0.3 is 0 Å². The van der Waals surface area contributed by atoms with Gasteiger partial charge in [-0.1, -0.05) is 24.3 Å². The SMILES string of the molecule is CN=C(NCc1ccc(CN2CCOCC2)cc1)NC1CCN(C(C)C)CC1. The Morgan fingerprint density at radius 3 is 2.32 bits per heavy atom. The third-order valence-corrected chi connectivity index (χ3v) is 5.82. The van der Waals surface area contributed by atoms with Crippen LogP contribution in [0.1, 0.15) is 37.8 Å². The molecular formula is C22H37N5O. The van der Waals surface area contributed by atoms with Gasteiger partial charge in [-0.15, -0.1) is 0 Å². The molecule has 0 spiro atoms. The first-order chi connectivity index (χ1) is 13.6. The van der Waals surface area contributed by atoms with Crippen molar-refractivity contribution in [3.63, 3.8) is 0 Å². The molecule has 0 aromatic heterocycles. The van der Waals surface area contributed by atoms with Gasteiger partial charge in [-0.3, -0.25) is 9.89 Å². The van der Waals surface area contributed by atoms with Crippen LogP contribution < -0.4 is 10.6 Å². The Morgan fingerprint density at radius 2 is 1.71 bits per heavy atom. The second-order valence-electron chi connectivity index (χ2n) is 8.18. The zero-order chi connectivity index (χ0) is 19.8. The Hall–Kier alpha value is -1.63. The van der Waals surface area contributed by atoms with E-state index in [2.05, 4.69) is 63.5 Å². The van der Waals surface area contributed by atoms with Gasteiger partial charge < -0.3 is 20.3 Å². The minimum atomic E-state index is 0.511. The molecule has 6 heteroatoms. The Labute approximate surface area is 170 Å². The summed E-state index contributed by atoms with van der Waals surface area (Å²) in [6.45, 7) is 12.4. The predicted molar refractivity (Wildman–Crippen MR) is 116 cm³/mol. The summed E-state index contributed by atoms with van der Waals surface area (Å²) < 4.78 is 5.42. The molecule has 0 bridgehead atoms. The summed E-state index contributed by atoms with van der Waals surface area (Å²) in [4.78, 5) is 9.41. The van der Waals surface area contributed by atoms with Gasteiger partial charge in [-0.05, 0) is 37.8 Å². The number of guanidine groups is 1. The fraction of sp³-hybridized carbons (Fsp3) is 0.682. The third kappa shape index (κ3) is 6.47. The average Bonchev–Trinajstić information content (AvgIpc) is 2.73. The summed E-state index contributed by atoms with van der Waals surface area (Å²) in [5, 5.41) is 7.06. The average molecular weight is 388 g/mol. The Bertz CT molecular complexity index is 602. The number of hydrogen-bond acceptors (Lipinski definition) is 4. The van der Waals surface area contributed by atoms with Gasteiger partial charge in [-0.2, -0.15) is 0 Å². The summed E-state index contributed by atoms with van der Waals surface area (Å²) in [5.41, 5.74) is 2.65. The third-order valence-electron chi connectivity index (χ3n) is 5.82. The van der Waals surface area contributed by atoms with E-state index < -0.39 is 0 Å². The summed E-state index contributed by atoms with van der Waals surface area (Å²) in [6, 6.07) is 10.1. The van der Waals surface area contributed by atoms with E-state index in [4.69, 9.17) is 4.74 Å². The first-order valence-corrected chi connectivity index (χ1v) is 10.7. The fourth-order valence-electron chi connectivity index (χ4n) is 3.91. The van der Waals surface area contributed by atoms with Crippen molar-refractivity contribution >= 4 is 5.96 Å². The van der Waals surface area contributed by atoms with E-state index in [9.17, 15) is 0 Å². The van der Waals surface area contributed by atoms with E-state index in [1.165, 1.54) is 24.0 Å². The van der Waals surface area contributed by atoms with Gasteiger partial charge in [0.05, 0.1) is 13.2 Å². The van der Waals surface area contributed by atoms with Gasteiger partial charge in [0.25, 0.3) is 0 Å². The van der Waals surface area contributed by atoms with Crippen molar-refractivity contribution in [3.8, 4) is 0 Å². The molecule has 0 atom stereocenters. The molecule has 2 saturated heterocycles. The van der Waals surface area contributed by atoms with Crippen molar-refractivity contribution in [3.05, 3.63) is 35.4 Å². The van der Waals surface area contributed by atoms with Crippen molar-refractivity contribution in [2.24, 2.45) is 4.99 Å². The molecule has 0 saturated carbocycles. The molecule has 1 aromatic carbocycles. The number of likely N-dealkylation sites (tertiary alicyclic amines) is 1. The zero-order valence-electron chi connectivity index (χ0n) is 17.8. The Kier molecular flexibility index (Phi) is 8.13. The standard InChI is InChI=1S/C22H37N5O/c1-18(2)27-10-8-21(9-11-27)25-22(23-3)24-16-19-4-6-20(7-5-19)17-26-12-14-28-15-13-26/h4-7,18,21H,8-17H2,1-3H3,(H2,23,24,25). The monoisotopic (exact) mass is 387 g/mol. The van der Waals surface area contributed by atoms with Crippen LogP contribution in [0.15, 0.2) is 29.3 Å². The number of benzene rings is 1. The van der Waals surface area contributed by atoms with Crippen LogP contribution >= 0.6 is 0 Å². The van der Waals surface area contributed by atoms with Crippen LogP contribution in [0.4, 0.5) is 0 Å². The van der Waals surface area contributed by atoms with Crippen LogP contribution in [0.25, 0.3) is 0 Å². The van der Waals surface area contributed by atoms with Crippen LogP contribution in [0.3, 0.4) is 0 Å². The van der Waals surface area contributed by atoms with Crippen LogP contribution in [0.5, 0.6) is 0 Å². The lowest BCUT2D eigenvalue weighted by atomic mass is 10.0. The molecule has 2 aliphatic heterocycles. The van der Waals surface area contributed by atoms with Crippen molar-refractivity contribution in [2.75, 3.05) is 46.4 Å².